The van der Waals surface area contributed by atoms with Gasteiger partial charge in [0, 0.05) is 33.5 Å². The Morgan fingerprint density at radius 3 is 1.58 bits per heavy atom. The van der Waals surface area contributed by atoms with Crippen molar-refractivity contribution in [3.05, 3.63) is 194 Å². The number of para-hydroxylation sites is 2. The first-order valence-electron chi connectivity index (χ1n) is 16.4. The predicted octanol–water partition coefficient (Wildman–Crippen LogP) is 12.7. The molecular weight excluding hydrogens is 581 g/mol. The molecule has 1 heterocycles. The molecule has 0 atom stereocenters. The number of nitrogens with zero attached hydrogens (tertiary/aromatic N) is 2. The van der Waals surface area contributed by atoms with Crippen LogP contribution in [0.1, 0.15) is 0 Å². The van der Waals surface area contributed by atoms with Gasteiger partial charge >= 0.3 is 0 Å². The first-order valence-corrected chi connectivity index (χ1v) is 16.4. The van der Waals surface area contributed by atoms with Gasteiger partial charge in [-0.25, -0.2) is 0 Å². The highest BCUT2D eigenvalue weighted by atomic mass is 15.1. The molecule has 0 unspecified atom stereocenters. The molecule has 9 aromatic rings. The third kappa shape index (κ3) is 4.92. The number of hydrogen-bond acceptors (Lipinski definition) is 1. The molecule has 9 rings (SSSR count). The van der Waals surface area contributed by atoms with Gasteiger partial charge in [-0.2, -0.15) is 0 Å². The molecule has 226 valence electrons. The summed E-state index contributed by atoms with van der Waals surface area (Å²) in [5.41, 5.74) is 11.7. The lowest BCUT2D eigenvalue weighted by Gasteiger charge is -2.26. The summed E-state index contributed by atoms with van der Waals surface area (Å²) in [6.07, 6.45) is 0. The molecule has 2 heteroatoms. The van der Waals surface area contributed by atoms with Gasteiger partial charge in [0.05, 0.1) is 11.0 Å². The molecule has 48 heavy (non-hydrogen) atoms. The van der Waals surface area contributed by atoms with Crippen LogP contribution in [0.3, 0.4) is 0 Å². The fraction of sp³-hybridized carbons (Fsp3) is 0. The van der Waals surface area contributed by atoms with Crippen molar-refractivity contribution in [2.24, 2.45) is 0 Å². The van der Waals surface area contributed by atoms with E-state index in [0.717, 1.165) is 22.7 Å². The van der Waals surface area contributed by atoms with Crippen LogP contribution in [0.15, 0.2) is 194 Å². The second-order valence-corrected chi connectivity index (χ2v) is 12.3. The maximum Gasteiger partial charge on any atom is 0.0547 e. The number of anilines is 3. The molecule has 0 N–H and O–H groups in total. The monoisotopic (exact) mass is 612 g/mol. The Kier molecular flexibility index (Phi) is 6.84. The van der Waals surface area contributed by atoms with Gasteiger partial charge in [-0.05, 0) is 99.8 Å². The average molecular weight is 613 g/mol. The summed E-state index contributed by atoms with van der Waals surface area (Å²) in [6.45, 7) is 0. The molecule has 2 nitrogen and oxygen atoms in total. The van der Waals surface area contributed by atoms with E-state index in [2.05, 4.69) is 204 Å². The highest BCUT2D eigenvalue weighted by Gasteiger charge is 2.17. The zero-order valence-corrected chi connectivity index (χ0v) is 26.4. The molecule has 0 spiro atoms. The molecule has 0 bridgehead atoms. The normalized spacial score (nSPS) is 11.3. The summed E-state index contributed by atoms with van der Waals surface area (Å²) in [7, 11) is 0. The van der Waals surface area contributed by atoms with Gasteiger partial charge < -0.3 is 9.47 Å². The SMILES string of the molecule is c1ccc(-c2ccc(N(c3ccccc3)c3cccc(-c4ccc5c6cc7ccccc7cc6n(-c6ccccc6)c5c4)c3)cc2)cc1. The van der Waals surface area contributed by atoms with Crippen molar-refractivity contribution in [2.75, 3.05) is 4.90 Å². The lowest BCUT2D eigenvalue weighted by molar-refractivity contribution is 1.18. The molecule has 0 aliphatic rings. The first kappa shape index (κ1) is 27.9. The Morgan fingerprint density at radius 1 is 0.312 bits per heavy atom. The third-order valence-corrected chi connectivity index (χ3v) is 9.33. The maximum absolute atomic E-state index is 2.41. The van der Waals surface area contributed by atoms with Crippen molar-refractivity contribution in [1.82, 2.24) is 4.57 Å². The minimum absolute atomic E-state index is 1.11. The van der Waals surface area contributed by atoms with E-state index < -0.39 is 0 Å². The molecule has 0 fully saturated rings. The Balaban J connectivity index is 1.19. The number of fused-ring (bicyclic) bond motifs is 4. The predicted molar refractivity (Wildman–Crippen MR) is 204 cm³/mol. The topological polar surface area (TPSA) is 8.17 Å². The summed E-state index contributed by atoms with van der Waals surface area (Å²) in [5, 5.41) is 5.02. The molecule has 0 aliphatic carbocycles. The molecule has 1 aromatic heterocycles. The smallest absolute Gasteiger partial charge is 0.0547 e. The second kappa shape index (κ2) is 11.8. The number of rotatable bonds is 6. The molecular formula is C46H32N2. The molecule has 0 radical (unpaired) electrons. The van der Waals surface area contributed by atoms with E-state index in [1.165, 1.54) is 54.8 Å². The Bertz CT molecular complexity index is 2530. The minimum Gasteiger partial charge on any atom is -0.310 e. The van der Waals surface area contributed by atoms with E-state index in [4.69, 9.17) is 0 Å². The van der Waals surface area contributed by atoms with Crippen LogP contribution in [0, 0.1) is 0 Å². The third-order valence-electron chi connectivity index (χ3n) is 9.33. The summed E-state index contributed by atoms with van der Waals surface area (Å²) in [6, 6.07) is 69.9. The van der Waals surface area contributed by atoms with Crippen molar-refractivity contribution in [2.45, 2.75) is 0 Å². The molecule has 0 saturated heterocycles. The van der Waals surface area contributed by atoms with Crippen LogP contribution in [-0.2, 0) is 0 Å². The standard InChI is InChI=1S/C46H32N2/c1-4-13-33(14-5-1)34-23-26-41(27-24-34)47(39-18-6-2-7-19-39)42-22-12-17-35(29-42)38-25-28-43-44-30-36-15-10-11-16-37(36)31-46(44)48(45(43)32-38)40-20-8-3-9-21-40/h1-32H. The van der Waals surface area contributed by atoms with Crippen LogP contribution in [0.25, 0.3) is 60.5 Å². The van der Waals surface area contributed by atoms with E-state index in [1.54, 1.807) is 0 Å². The highest BCUT2D eigenvalue weighted by molar-refractivity contribution is 6.14. The lowest BCUT2D eigenvalue weighted by Crippen LogP contribution is -2.09. The van der Waals surface area contributed by atoms with Crippen molar-refractivity contribution >= 4 is 49.6 Å². The van der Waals surface area contributed by atoms with Gasteiger partial charge in [-0.3, -0.25) is 0 Å². The molecule has 0 aliphatic heterocycles. The maximum atomic E-state index is 2.41. The van der Waals surface area contributed by atoms with Crippen molar-refractivity contribution in [3.63, 3.8) is 0 Å². The van der Waals surface area contributed by atoms with Gasteiger partial charge in [0.15, 0.2) is 0 Å². The van der Waals surface area contributed by atoms with Crippen LogP contribution in [0.5, 0.6) is 0 Å². The number of hydrogen-bond donors (Lipinski definition) is 0. The average Bonchev–Trinajstić information content (AvgIpc) is 3.48. The van der Waals surface area contributed by atoms with Crippen LogP contribution in [-0.4, -0.2) is 4.57 Å². The number of benzene rings is 8. The Labute approximate surface area is 280 Å². The number of aromatic nitrogens is 1. The second-order valence-electron chi connectivity index (χ2n) is 12.3. The lowest BCUT2D eigenvalue weighted by atomic mass is 10.0. The zero-order valence-electron chi connectivity index (χ0n) is 26.4. The van der Waals surface area contributed by atoms with Crippen LogP contribution in [0.2, 0.25) is 0 Å². The van der Waals surface area contributed by atoms with E-state index in [1.807, 2.05) is 0 Å². The van der Waals surface area contributed by atoms with Gasteiger partial charge in [-0.1, -0.05) is 127 Å². The molecule has 0 amide bonds. The van der Waals surface area contributed by atoms with E-state index >= 15 is 0 Å². The molecule has 0 saturated carbocycles. The summed E-state index contributed by atoms with van der Waals surface area (Å²) in [4.78, 5) is 2.34. The fourth-order valence-electron chi connectivity index (χ4n) is 7.02. The largest absolute Gasteiger partial charge is 0.310 e. The summed E-state index contributed by atoms with van der Waals surface area (Å²) >= 11 is 0. The summed E-state index contributed by atoms with van der Waals surface area (Å²) in [5.74, 6) is 0. The van der Waals surface area contributed by atoms with Gasteiger partial charge in [-0.15, -0.1) is 0 Å². The van der Waals surface area contributed by atoms with Crippen molar-refractivity contribution in [1.29, 1.82) is 0 Å². The van der Waals surface area contributed by atoms with Crippen molar-refractivity contribution in [3.8, 4) is 27.9 Å². The van der Waals surface area contributed by atoms with E-state index in [-0.39, 0.29) is 0 Å². The van der Waals surface area contributed by atoms with Gasteiger partial charge in [0.1, 0.15) is 0 Å². The Morgan fingerprint density at radius 2 is 0.833 bits per heavy atom. The van der Waals surface area contributed by atoms with E-state index in [0.29, 0.717) is 0 Å². The van der Waals surface area contributed by atoms with Gasteiger partial charge in [0.25, 0.3) is 0 Å². The first-order chi connectivity index (χ1) is 23.8. The van der Waals surface area contributed by atoms with E-state index in [9.17, 15) is 0 Å². The van der Waals surface area contributed by atoms with Crippen LogP contribution < -0.4 is 4.90 Å². The quantitative estimate of drug-likeness (QED) is 0.181. The van der Waals surface area contributed by atoms with Crippen LogP contribution >= 0.6 is 0 Å². The van der Waals surface area contributed by atoms with Crippen LogP contribution in [0.4, 0.5) is 17.1 Å². The Hall–Kier alpha value is -6.38. The highest BCUT2D eigenvalue weighted by Crippen LogP contribution is 2.40. The van der Waals surface area contributed by atoms with Gasteiger partial charge in [0.2, 0.25) is 0 Å². The fourth-order valence-corrected chi connectivity index (χ4v) is 7.02. The van der Waals surface area contributed by atoms with Crippen molar-refractivity contribution < 1.29 is 0 Å². The summed E-state index contributed by atoms with van der Waals surface area (Å²) < 4.78 is 2.41. The minimum atomic E-state index is 1.11. The molecule has 8 aromatic carbocycles. The zero-order chi connectivity index (χ0) is 31.9.